The van der Waals surface area contributed by atoms with Crippen LogP contribution in [0.1, 0.15) is 35.2 Å². The molecular weight excluding hydrogens is 397 g/mol. The van der Waals surface area contributed by atoms with Gasteiger partial charge in [-0.2, -0.15) is 5.10 Å². The molecule has 0 aliphatic carbocycles. The third kappa shape index (κ3) is 4.37. The number of benzene rings is 3. The molecule has 0 atom stereocenters. The lowest BCUT2D eigenvalue weighted by atomic mass is 9.68. The summed E-state index contributed by atoms with van der Waals surface area (Å²) in [6.07, 6.45) is 4.20. The second-order valence-electron chi connectivity index (χ2n) is 8.72. The van der Waals surface area contributed by atoms with Gasteiger partial charge in [0.05, 0.1) is 12.2 Å². The molecule has 1 aliphatic heterocycles. The zero-order valence-corrected chi connectivity index (χ0v) is 18.2. The van der Waals surface area contributed by atoms with Gasteiger partial charge in [-0.05, 0) is 60.8 Å². The fourth-order valence-corrected chi connectivity index (χ4v) is 4.93. The minimum absolute atomic E-state index is 0.0704. The van der Waals surface area contributed by atoms with Gasteiger partial charge >= 0.3 is 0 Å². The standard InChI is InChI=1S/C28H28FN3/c29-26-13-11-23(12-14-26)21-32-18-15-27(30-32)22-31-19-16-28(17-20-31,24-7-3-1-4-8-24)25-9-5-2-6-10-25/h1-15,18H,16-17,19-22H2. The van der Waals surface area contributed by atoms with Gasteiger partial charge in [-0.15, -0.1) is 0 Å². The third-order valence-electron chi connectivity index (χ3n) is 6.70. The maximum Gasteiger partial charge on any atom is 0.123 e. The summed E-state index contributed by atoms with van der Waals surface area (Å²) in [4.78, 5) is 2.51. The Balaban J connectivity index is 1.27. The van der Waals surface area contributed by atoms with Gasteiger partial charge < -0.3 is 0 Å². The summed E-state index contributed by atoms with van der Waals surface area (Å²) < 4.78 is 15.1. The Morgan fingerprint density at radius 3 is 1.91 bits per heavy atom. The number of hydrogen-bond donors (Lipinski definition) is 0. The molecule has 0 amide bonds. The van der Waals surface area contributed by atoms with Crippen LogP contribution in [0.5, 0.6) is 0 Å². The average Bonchev–Trinajstić information content (AvgIpc) is 3.29. The minimum Gasteiger partial charge on any atom is -0.297 e. The molecule has 0 N–H and O–H groups in total. The van der Waals surface area contributed by atoms with E-state index in [1.54, 1.807) is 0 Å². The highest BCUT2D eigenvalue weighted by atomic mass is 19.1. The van der Waals surface area contributed by atoms with Crippen LogP contribution in [0.4, 0.5) is 4.39 Å². The number of halogens is 1. The van der Waals surface area contributed by atoms with Crippen molar-refractivity contribution in [2.24, 2.45) is 0 Å². The van der Waals surface area contributed by atoms with E-state index >= 15 is 0 Å². The summed E-state index contributed by atoms with van der Waals surface area (Å²) in [5.74, 6) is -0.206. The molecule has 0 spiro atoms. The molecule has 0 radical (unpaired) electrons. The van der Waals surface area contributed by atoms with Crippen LogP contribution in [0.2, 0.25) is 0 Å². The van der Waals surface area contributed by atoms with Crippen LogP contribution in [-0.2, 0) is 18.5 Å². The first kappa shape index (κ1) is 20.7. The SMILES string of the molecule is Fc1ccc(Cn2ccc(CN3CCC(c4ccccc4)(c4ccccc4)CC3)n2)cc1. The van der Waals surface area contributed by atoms with E-state index in [4.69, 9.17) is 5.10 Å². The Bertz CT molecular complexity index is 1090. The first-order chi connectivity index (χ1) is 15.7. The highest BCUT2D eigenvalue weighted by Crippen LogP contribution is 2.41. The number of rotatable bonds is 6. The van der Waals surface area contributed by atoms with Crippen molar-refractivity contribution in [3.05, 3.63) is 125 Å². The monoisotopic (exact) mass is 425 g/mol. The molecule has 0 bridgehead atoms. The lowest BCUT2D eigenvalue weighted by molar-refractivity contribution is 0.170. The zero-order valence-electron chi connectivity index (χ0n) is 18.2. The van der Waals surface area contributed by atoms with E-state index < -0.39 is 0 Å². The smallest absolute Gasteiger partial charge is 0.123 e. The van der Waals surface area contributed by atoms with E-state index in [-0.39, 0.29) is 11.2 Å². The molecule has 1 fully saturated rings. The molecule has 162 valence electrons. The van der Waals surface area contributed by atoms with Crippen molar-refractivity contribution in [3.63, 3.8) is 0 Å². The van der Waals surface area contributed by atoms with Crippen molar-refractivity contribution >= 4 is 0 Å². The number of hydrogen-bond acceptors (Lipinski definition) is 2. The minimum atomic E-state index is -0.206. The molecule has 3 nitrogen and oxygen atoms in total. The molecule has 1 aromatic heterocycles. The first-order valence-corrected chi connectivity index (χ1v) is 11.3. The van der Waals surface area contributed by atoms with Gasteiger partial charge in [0, 0.05) is 18.2 Å². The van der Waals surface area contributed by atoms with Crippen LogP contribution < -0.4 is 0 Å². The summed E-state index contributed by atoms with van der Waals surface area (Å²) in [6.45, 7) is 3.59. The van der Waals surface area contributed by atoms with Crippen LogP contribution in [0, 0.1) is 5.82 Å². The Morgan fingerprint density at radius 1 is 0.719 bits per heavy atom. The molecule has 4 heteroatoms. The molecule has 0 unspecified atom stereocenters. The largest absolute Gasteiger partial charge is 0.297 e. The Kier molecular flexibility index (Phi) is 5.87. The van der Waals surface area contributed by atoms with Gasteiger partial charge in [0.15, 0.2) is 0 Å². The molecule has 3 aromatic carbocycles. The molecule has 32 heavy (non-hydrogen) atoms. The van der Waals surface area contributed by atoms with E-state index in [2.05, 4.69) is 71.6 Å². The van der Waals surface area contributed by atoms with Crippen LogP contribution in [0.25, 0.3) is 0 Å². The van der Waals surface area contributed by atoms with Gasteiger partial charge in [-0.25, -0.2) is 4.39 Å². The van der Waals surface area contributed by atoms with Gasteiger partial charge in [0.2, 0.25) is 0 Å². The van der Waals surface area contributed by atoms with Crippen molar-refractivity contribution in [1.82, 2.24) is 14.7 Å². The quantitative estimate of drug-likeness (QED) is 0.398. The number of aromatic nitrogens is 2. The van der Waals surface area contributed by atoms with Gasteiger partial charge in [0.25, 0.3) is 0 Å². The Hall–Kier alpha value is -3.24. The Morgan fingerprint density at radius 2 is 1.31 bits per heavy atom. The zero-order chi connectivity index (χ0) is 21.8. The predicted octanol–water partition coefficient (Wildman–Crippen LogP) is 5.65. The first-order valence-electron chi connectivity index (χ1n) is 11.3. The van der Waals surface area contributed by atoms with Crippen molar-refractivity contribution < 1.29 is 4.39 Å². The molecule has 4 aromatic rings. The van der Waals surface area contributed by atoms with Crippen molar-refractivity contribution in [1.29, 1.82) is 0 Å². The second kappa shape index (κ2) is 9.09. The third-order valence-corrected chi connectivity index (χ3v) is 6.70. The van der Waals surface area contributed by atoms with Gasteiger partial charge in [-0.3, -0.25) is 9.58 Å². The number of nitrogens with zero attached hydrogens (tertiary/aromatic N) is 3. The number of likely N-dealkylation sites (tertiary alicyclic amines) is 1. The highest BCUT2D eigenvalue weighted by molar-refractivity contribution is 5.40. The van der Waals surface area contributed by atoms with Crippen molar-refractivity contribution in [3.8, 4) is 0 Å². The summed E-state index contributed by atoms with van der Waals surface area (Å²) in [7, 11) is 0. The summed E-state index contributed by atoms with van der Waals surface area (Å²) in [5, 5.41) is 4.76. The fourth-order valence-electron chi connectivity index (χ4n) is 4.93. The average molecular weight is 426 g/mol. The van der Waals surface area contributed by atoms with Crippen LogP contribution in [-0.4, -0.2) is 27.8 Å². The van der Waals surface area contributed by atoms with E-state index in [1.165, 1.54) is 23.3 Å². The normalized spacial score (nSPS) is 16.2. The van der Waals surface area contributed by atoms with Crippen molar-refractivity contribution in [2.45, 2.75) is 31.3 Å². The molecule has 0 saturated carbocycles. The summed E-state index contributed by atoms with van der Waals surface area (Å²) in [5.41, 5.74) is 5.03. The van der Waals surface area contributed by atoms with E-state index in [0.29, 0.717) is 6.54 Å². The highest BCUT2D eigenvalue weighted by Gasteiger charge is 2.37. The van der Waals surface area contributed by atoms with Crippen LogP contribution in [0.15, 0.2) is 97.2 Å². The molecule has 2 heterocycles. The van der Waals surface area contributed by atoms with Crippen LogP contribution >= 0.6 is 0 Å². The lowest BCUT2D eigenvalue weighted by Gasteiger charge is -2.42. The predicted molar refractivity (Wildman–Crippen MR) is 126 cm³/mol. The van der Waals surface area contributed by atoms with Gasteiger partial charge in [-0.1, -0.05) is 72.8 Å². The van der Waals surface area contributed by atoms with E-state index in [0.717, 1.165) is 43.7 Å². The van der Waals surface area contributed by atoms with Gasteiger partial charge in [0.1, 0.15) is 5.82 Å². The lowest BCUT2D eigenvalue weighted by Crippen LogP contribution is -2.43. The second-order valence-corrected chi connectivity index (χ2v) is 8.72. The number of piperidine rings is 1. The van der Waals surface area contributed by atoms with Crippen LogP contribution in [0.3, 0.4) is 0 Å². The Labute approximate surface area is 189 Å². The van der Waals surface area contributed by atoms with E-state index in [9.17, 15) is 4.39 Å². The maximum absolute atomic E-state index is 13.1. The molecule has 5 rings (SSSR count). The van der Waals surface area contributed by atoms with E-state index in [1.807, 2.05) is 23.0 Å². The summed E-state index contributed by atoms with van der Waals surface area (Å²) in [6, 6.07) is 30.6. The maximum atomic E-state index is 13.1. The molecule has 1 aliphatic rings. The topological polar surface area (TPSA) is 21.1 Å². The fraction of sp³-hybridized carbons (Fsp3) is 0.250. The molecular formula is C28H28FN3. The van der Waals surface area contributed by atoms with Crippen molar-refractivity contribution in [2.75, 3.05) is 13.1 Å². The summed E-state index contributed by atoms with van der Waals surface area (Å²) >= 11 is 0. The molecule has 1 saturated heterocycles.